The summed E-state index contributed by atoms with van der Waals surface area (Å²) >= 11 is 0. The predicted octanol–water partition coefficient (Wildman–Crippen LogP) is 4.66. The number of benzene rings is 2. The number of carbonyl (C=O) groups excluding carboxylic acids is 1. The van der Waals surface area contributed by atoms with Crippen LogP contribution >= 0.6 is 0 Å². The Hall–Kier alpha value is -2.88. The molecule has 2 aromatic carbocycles. The summed E-state index contributed by atoms with van der Waals surface area (Å²) in [6.07, 6.45) is 3.53. The number of fused-ring (bicyclic) bond motifs is 2. The van der Waals surface area contributed by atoms with Crippen molar-refractivity contribution in [2.45, 2.75) is 32.6 Å². The molecular weight excluding hydrogens is 324 g/mol. The van der Waals surface area contributed by atoms with Crippen LogP contribution in [0.15, 0.2) is 48.7 Å². The van der Waals surface area contributed by atoms with Crippen molar-refractivity contribution in [1.29, 1.82) is 0 Å². The van der Waals surface area contributed by atoms with Crippen LogP contribution in [-0.2, 0) is 6.42 Å². The molecule has 0 atom stereocenters. The van der Waals surface area contributed by atoms with Crippen LogP contribution in [0, 0.1) is 0 Å². The maximum atomic E-state index is 13.2. The standard InChI is InChI=1S/C22H22N2O2/c1-14(2)16-8-10-19-17(13-16)6-4-12-24(19)22(26)18-9-7-15-5-3-11-23-20(15)21(18)25/h3,5,7-11,13-14,25H,4,6,12H2,1-2H3. The lowest BCUT2D eigenvalue weighted by Gasteiger charge is -2.30. The average Bonchev–Trinajstić information content (AvgIpc) is 2.67. The molecule has 1 amide bonds. The summed E-state index contributed by atoms with van der Waals surface area (Å²) in [5, 5.41) is 11.4. The van der Waals surface area contributed by atoms with E-state index in [4.69, 9.17) is 0 Å². The number of amides is 1. The summed E-state index contributed by atoms with van der Waals surface area (Å²) in [7, 11) is 0. The number of nitrogens with zero attached hydrogens (tertiary/aromatic N) is 2. The van der Waals surface area contributed by atoms with Crippen LogP contribution in [0.2, 0.25) is 0 Å². The Morgan fingerprint density at radius 3 is 2.85 bits per heavy atom. The van der Waals surface area contributed by atoms with Gasteiger partial charge in [0.05, 0.1) is 5.56 Å². The first-order valence-electron chi connectivity index (χ1n) is 9.07. The number of hydrogen-bond acceptors (Lipinski definition) is 3. The molecule has 4 heteroatoms. The van der Waals surface area contributed by atoms with Crippen molar-refractivity contribution in [3.05, 3.63) is 65.4 Å². The predicted molar refractivity (Wildman–Crippen MR) is 104 cm³/mol. The van der Waals surface area contributed by atoms with Crippen LogP contribution in [0.1, 0.15) is 47.7 Å². The lowest BCUT2D eigenvalue weighted by atomic mass is 9.94. The van der Waals surface area contributed by atoms with Gasteiger partial charge in [0.2, 0.25) is 0 Å². The number of aromatic nitrogens is 1. The molecule has 1 aliphatic heterocycles. The zero-order valence-electron chi connectivity index (χ0n) is 15.1. The van der Waals surface area contributed by atoms with Gasteiger partial charge >= 0.3 is 0 Å². The van der Waals surface area contributed by atoms with E-state index in [-0.39, 0.29) is 11.7 Å². The van der Waals surface area contributed by atoms with Gasteiger partial charge < -0.3 is 10.0 Å². The molecule has 0 radical (unpaired) electrons. The summed E-state index contributed by atoms with van der Waals surface area (Å²) in [6, 6.07) is 13.6. The van der Waals surface area contributed by atoms with Gasteiger partial charge in [-0.3, -0.25) is 9.78 Å². The molecule has 4 rings (SSSR count). The Balaban J connectivity index is 1.76. The van der Waals surface area contributed by atoms with E-state index in [0.29, 0.717) is 23.5 Å². The molecule has 1 N–H and O–H groups in total. The first-order chi connectivity index (χ1) is 12.6. The van der Waals surface area contributed by atoms with Crippen LogP contribution in [0.25, 0.3) is 10.9 Å². The molecule has 1 aliphatic rings. The number of aromatic hydroxyl groups is 1. The van der Waals surface area contributed by atoms with Gasteiger partial charge in [-0.1, -0.05) is 38.1 Å². The number of carbonyl (C=O) groups is 1. The smallest absolute Gasteiger partial charge is 0.262 e. The van der Waals surface area contributed by atoms with Gasteiger partial charge in [0, 0.05) is 23.8 Å². The second kappa shape index (κ2) is 6.45. The molecule has 0 fully saturated rings. The molecule has 3 aromatic rings. The van der Waals surface area contributed by atoms with Crippen molar-refractivity contribution in [2.24, 2.45) is 0 Å². The Bertz CT molecular complexity index is 995. The number of hydrogen-bond donors (Lipinski definition) is 1. The molecule has 0 aliphatic carbocycles. The van der Waals surface area contributed by atoms with Crippen LogP contribution in [-0.4, -0.2) is 22.5 Å². The first-order valence-corrected chi connectivity index (χ1v) is 9.07. The van der Waals surface area contributed by atoms with Gasteiger partial charge in [0.25, 0.3) is 5.91 Å². The third-order valence-corrected chi connectivity index (χ3v) is 5.11. The van der Waals surface area contributed by atoms with E-state index >= 15 is 0 Å². The largest absolute Gasteiger partial charge is 0.505 e. The van der Waals surface area contributed by atoms with Crippen molar-refractivity contribution < 1.29 is 9.90 Å². The molecule has 0 bridgehead atoms. The van der Waals surface area contributed by atoms with E-state index in [1.165, 1.54) is 11.1 Å². The van der Waals surface area contributed by atoms with Crippen LogP contribution < -0.4 is 4.90 Å². The van der Waals surface area contributed by atoms with E-state index in [0.717, 1.165) is 23.9 Å². The summed E-state index contributed by atoms with van der Waals surface area (Å²) in [4.78, 5) is 19.2. The fourth-order valence-electron chi connectivity index (χ4n) is 3.63. The first kappa shape index (κ1) is 16.6. The Morgan fingerprint density at radius 1 is 1.19 bits per heavy atom. The van der Waals surface area contributed by atoms with E-state index in [1.807, 2.05) is 24.3 Å². The van der Waals surface area contributed by atoms with Gasteiger partial charge in [0.15, 0.2) is 5.75 Å². The fraction of sp³-hybridized carbons (Fsp3) is 0.273. The summed E-state index contributed by atoms with van der Waals surface area (Å²) < 4.78 is 0. The van der Waals surface area contributed by atoms with Crippen LogP contribution in [0.4, 0.5) is 5.69 Å². The van der Waals surface area contributed by atoms with Crippen molar-refractivity contribution in [1.82, 2.24) is 4.98 Å². The van der Waals surface area contributed by atoms with E-state index in [9.17, 15) is 9.90 Å². The summed E-state index contributed by atoms with van der Waals surface area (Å²) in [5.74, 6) is 0.245. The third-order valence-electron chi connectivity index (χ3n) is 5.11. The summed E-state index contributed by atoms with van der Waals surface area (Å²) in [6.45, 7) is 5.01. The lowest BCUT2D eigenvalue weighted by molar-refractivity contribution is 0.0982. The average molecular weight is 346 g/mol. The SMILES string of the molecule is CC(C)c1ccc2c(c1)CCCN2C(=O)c1ccc2cccnc2c1O. The molecule has 0 saturated heterocycles. The van der Waals surface area contributed by atoms with E-state index in [1.54, 1.807) is 17.2 Å². The maximum absolute atomic E-state index is 13.2. The third kappa shape index (κ3) is 2.71. The van der Waals surface area contributed by atoms with Gasteiger partial charge in [-0.15, -0.1) is 0 Å². The van der Waals surface area contributed by atoms with E-state index in [2.05, 4.69) is 31.0 Å². The Labute approximate surface area is 153 Å². The molecule has 1 aromatic heterocycles. The minimum atomic E-state index is -0.173. The Kier molecular flexibility index (Phi) is 4.11. The molecule has 0 saturated carbocycles. The van der Waals surface area contributed by atoms with Gasteiger partial charge in [0.1, 0.15) is 5.52 Å². The molecule has 4 nitrogen and oxygen atoms in total. The van der Waals surface area contributed by atoms with Crippen LogP contribution in [0.5, 0.6) is 5.75 Å². The molecule has 0 unspecified atom stereocenters. The number of aryl methyl sites for hydroxylation is 1. The highest BCUT2D eigenvalue weighted by molar-refractivity contribution is 6.11. The van der Waals surface area contributed by atoms with Gasteiger partial charge in [-0.25, -0.2) is 0 Å². The topological polar surface area (TPSA) is 53.4 Å². The van der Waals surface area contributed by atoms with Crippen molar-refractivity contribution >= 4 is 22.5 Å². The number of phenols is 1. The second-order valence-electron chi connectivity index (χ2n) is 7.14. The lowest BCUT2D eigenvalue weighted by Crippen LogP contribution is -2.35. The zero-order valence-corrected chi connectivity index (χ0v) is 15.1. The normalized spacial score (nSPS) is 13.9. The summed E-state index contributed by atoms with van der Waals surface area (Å²) in [5.41, 5.74) is 4.21. The molecule has 2 heterocycles. The highest BCUT2D eigenvalue weighted by Gasteiger charge is 2.26. The number of phenolic OH excluding ortho intramolecular Hbond substituents is 1. The van der Waals surface area contributed by atoms with Crippen LogP contribution in [0.3, 0.4) is 0 Å². The minimum Gasteiger partial charge on any atom is -0.505 e. The van der Waals surface area contributed by atoms with Gasteiger partial charge in [-0.05, 0) is 48.1 Å². The molecular formula is C22H22N2O2. The molecule has 132 valence electrons. The Morgan fingerprint density at radius 2 is 2.04 bits per heavy atom. The maximum Gasteiger partial charge on any atom is 0.262 e. The van der Waals surface area contributed by atoms with E-state index < -0.39 is 0 Å². The number of rotatable bonds is 2. The number of anilines is 1. The van der Waals surface area contributed by atoms with Crippen molar-refractivity contribution in [3.8, 4) is 5.75 Å². The fourth-order valence-corrected chi connectivity index (χ4v) is 3.63. The number of pyridine rings is 1. The van der Waals surface area contributed by atoms with Crippen molar-refractivity contribution in [3.63, 3.8) is 0 Å². The highest BCUT2D eigenvalue weighted by Crippen LogP contribution is 2.34. The van der Waals surface area contributed by atoms with Crippen molar-refractivity contribution in [2.75, 3.05) is 11.4 Å². The monoisotopic (exact) mass is 346 g/mol. The minimum absolute atomic E-state index is 0.0426. The molecule has 0 spiro atoms. The highest BCUT2D eigenvalue weighted by atomic mass is 16.3. The quantitative estimate of drug-likeness (QED) is 0.734. The second-order valence-corrected chi connectivity index (χ2v) is 7.14. The van der Waals surface area contributed by atoms with Gasteiger partial charge in [-0.2, -0.15) is 0 Å². The molecule has 26 heavy (non-hydrogen) atoms. The zero-order chi connectivity index (χ0) is 18.3.